The lowest BCUT2D eigenvalue weighted by Gasteiger charge is -2.22. The Morgan fingerprint density at radius 2 is 1.80 bits per heavy atom. The molecule has 0 saturated carbocycles. The van der Waals surface area contributed by atoms with Gasteiger partial charge in [0.2, 0.25) is 5.91 Å². The number of carboxylic acids is 1. The molecule has 1 aliphatic carbocycles. The summed E-state index contributed by atoms with van der Waals surface area (Å²) in [5.41, 5.74) is 4.08. The number of likely N-dealkylation sites (N-methyl/N-ethyl adjacent to an activating group) is 1. The van der Waals surface area contributed by atoms with Crippen LogP contribution in [-0.2, 0) is 22.4 Å². The Kier molecular flexibility index (Phi) is 9.52. The Morgan fingerprint density at radius 3 is 2.54 bits per heavy atom. The average molecular weight is 597 g/mol. The smallest absolute Gasteiger partial charge is 0.328 e. The number of anilines is 1. The topological polar surface area (TPSA) is 128 Å². The zero-order valence-corrected chi connectivity index (χ0v) is 24.1. The number of hydrogen-bond donors (Lipinski definition) is 4. The molecule has 4 amide bonds. The van der Waals surface area contributed by atoms with E-state index in [1.165, 1.54) is 24.1 Å². The van der Waals surface area contributed by atoms with Crippen molar-refractivity contribution in [3.63, 3.8) is 0 Å². The van der Waals surface area contributed by atoms with E-state index in [0.717, 1.165) is 35.1 Å². The van der Waals surface area contributed by atoms with Gasteiger partial charge in [0.15, 0.2) is 0 Å². The maximum atomic E-state index is 13.2. The SMILES string of the molecule is Cc1cccc(CC(=O)N(C)c2ccc(Cl)c(C(=O)NC(CNC(=O)NC3CCc4ccccc43)C(=O)O)c2Cl)c1. The molecule has 2 unspecified atom stereocenters. The van der Waals surface area contributed by atoms with E-state index in [0.29, 0.717) is 0 Å². The molecule has 11 heteroatoms. The van der Waals surface area contributed by atoms with E-state index in [4.69, 9.17) is 23.2 Å². The van der Waals surface area contributed by atoms with Crippen LogP contribution < -0.4 is 20.9 Å². The summed E-state index contributed by atoms with van der Waals surface area (Å²) < 4.78 is 0. The Morgan fingerprint density at radius 1 is 1.05 bits per heavy atom. The van der Waals surface area contributed by atoms with Gasteiger partial charge in [0.25, 0.3) is 5.91 Å². The van der Waals surface area contributed by atoms with E-state index in [-0.39, 0.29) is 46.2 Å². The number of fused-ring (bicyclic) bond motifs is 1. The predicted octanol–water partition coefficient (Wildman–Crippen LogP) is 4.68. The molecule has 0 fully saturated rings. The van der Waals surface area contributed by atoms with Gasteiger partial charge in [-0.1, -0.05) is 77.3 Å². The van der Waals surface area contributed by atoms with E-state index < -0.39 is 23.9 Å². The lowest BCUT2D eigenvalue weighted by molar-refractivity contribution is -0.139. The number of aryl methyl sites for hydroxylation is 2. The molecule has 41 heavy (non-hydrogen) atoms. The number of carbonyl (C=O) groups excluding carboxylic acids is 3. The molecule has 3 aromatic carbocycles. The van der Waals surface area contributed by atoms with Crippen molar-refractivity contribution in [3.05, 3.63) is 98.5 Å². The van der Waals surface area contributed by atoms with Crippen molar-refractivity contribution < 1.29 is 24.3 Å². The summed E-state index contributed by atoms with van der Waals surface area (Å²) in [4.78, 5) is 51.9. The number of nitrogens with one attached hydrogen (secondary N) is 3. The maximum Gasteiger partial charge on any atom is 0.328 e. The Labute approximate surface area is 247 Å². The van der Waals surface area contributed by atoms with Gasteiger partial charge in [0, 0.05) is 7.05 Å². The first-order chi connectivity index (χ1) is 19.5. The quantitative estimate of drug-likeness (QED) is 0.285. The number of aliphatic carboxylic acids is 1. The molecule has 4 N–H and O–H groups in total. The molecule has 2 atom stereocenters. The van der Waals surface area contributed by atoms with Crippen molar-refractivity contribution in [1.29, 1.82) is 0 Å². The minimum atomic E-state index is -1.47. The predicted molar refractivity (Wildman–Crippen MR) is 158 cm³/mol. The molecule has 0 bridgehead atoms. The van der Waals surface area contributed by atoms with Crippen molar-refractivity contribution in [2.75, 3.05) is 18.5 Å². The minimum absolute atomic E-state index is 0.0227. The molecule has 1 aliphatic rings. The van der Waals surface area contributed by atoms with Crippen LogP contribution in [0, 0.1) is 6.92 Å². The third-order valence-electron chi connectivity index (χ3n) is 6.98. The third-order valence-corrected chi connectivity index (χ3v) is 7.68. The molecular formula is C30H30Cl2N4O5. The number of hydrogen-bond acceptors (Lipinski definition) is 4. The molecule has 3 aromatic rings. The Hall–Kier alpha value is -4.08. The van der Waals surface area contributed by atoms with Crippen LogP contribution >= 0.6 is 23.2 Å². The van der Waals surface area contributed by atoms with Gasteiger partial charge >= 0.3 is 12.0 Å². The lowest BCUT2D eigenvalue weighted by atomic mass is 10.1. The van der Waals surface area contributed by atoms with Crippen LogP contribution in [0.25, 0.3) is 0 Å². The van der Waals surface area contributed by atoms with Gasteiger partial charge in [0.05, 0.1) is 40.3 Å². The molecule has 0 saturated heterocycles. The number of benzene rings is 3. The van der Waals surface area contributed by atoms with Crippen LogP contribution in [0.4, 0.5) is 10.5 Å². The fraction of sp³-hybridized carbons (Fsp3) is 0.267. The van der Waals surface area contributed by atoms with Gasteiger partial charge in [-0.05, 0) is 48.6 Å². The summed E-state index contributed by atoms with van der Waals surface area (Å²) in [6, 6.07) is 16.0. The molecule has 0 radical (unpaired) electrons. The summed E-state index contributed by atoms with van der Waals surface area (Å²) in [5.74, 6) is -2.49. The zero-order valence-electron chi connectivity index (χ0n) is 22.5. The highest BCUT2D eigenvalue weighted by molar-refractivity contribution is 6.41. The number of rotatable bonds is 9. The van der Waals surface area contributed by atoms with Crippen molar-refractivity contribution in [2.24, 2.45) is 0 Å². The second kappa shape index (κ2) is 13.1. The number of halogens is 2. The largest absolute Gasteiger partial charge is 0.480 e. The lowest BCUT2D eigenvalue weighted by Crippen LogP contribution is -2.50. The molecule has 0 heterocycles. The standard InChI is InChI=1S/C30H30Cl2N4O5/c1-17-6-5-7-18(14-17)15-25(37)36(2)24-13-11-21(31)26(27(24)32)28(38)34-23(29(39)40)16-33-30(41)35-22-12-10-19-8-3-4-9-20(19)22/h3-9,11,13-14,22-23H,10,12,15-16H2,1-2H3,(H,34,38)(H,39,40)(H2,33,35,41). The number of amides is 4. The highest BCUT2D eigenvalue weighted by atomic mass is 35.5. The van der Waals surface area contributed by atoms with E-state index >= 15 is 0 Å². The van der Waals surface area contributed by atoms with Gasteiger partial charge in [-0.15, -0.1) is 0 Å². The molecule has 9 nitrogen and oxygen atoms in total. The summed E-state index contributed by atoms with van der Waals surface area (Å²) in [6.45, 7) is 1.55. The first kappa shape index (κ1) is 29.9. The molecule has 0 aromatic heterocycles. The number of urea groups is 1. The average Bonchev–Trinajstić information content (AvgIpc) is 3.33. The van der Waals surface area contributed by atoms with Gasteiger partial charge < -0.3 is 26.0 Å². The molecular weight excluding hydrogens is 567 g/mol. The summed E-state index contributed by atoms with van der Waals surface area (Å²) >= 11 is 12.8. The highest BCUT2D eigenvalue weighted by Gasteiger charge is 2.28. The monoisotopic (exact) mass is 596 g/mol. The van der Waals surface area contributed by atoms with Crippen LogP contribution in [0.2, 0.25) is 10.0 Å². The van der Waals surface area contributed by atoms with Crippen LogP contribution in [0.5, 0.6) is 0 Å². The van der Waals surface area contributed by atoms with Crippen molar-refractivity contribution >= 4 is 52.7 Å². The number of carboxylic acid groups (broad SMARTS) is 1. The van der Waals surface area contributed by atoms with E-state index in [1.54, 1.807) is 0 Å². The van der Waals surface area contributed by atoms with Crippen molar-refractivity contribution in [2.45, 2.75) is 38.3 Å². The summed E-state index contributed by atoms with van der Waals surface area (Å²) in [6.07, 6.45) is 1.68. The summed E-state index contributed by atoms with van der Waals surface area (Å²) in [5, 5.41) is 17.3. The van der Waals surface area contributed by atoms with Crippen LogP contribution in [0.3, 0.4) is 0 Å². The molecule has 0 aliphatic heterocycles. The second-order valence-corrected chi connectivity index (χ2v) is 10.7. The normalized spacial score (nSPS) is 14.5. The molecule has 214 valence electrons. The third kappa shape index (κ3) is 7.17. The maximum absolute atomic E-state index is 13.2. The van der Waals surface area contributed by atoms with Gasteiger partial charge in [0.1, 0.15) is 6.04 Å². The van der Waals surface area contributed by atoms with Crippen LogP contribution in [-0.4, -0.2) is 48.6 Å². The zero-order chi connectivity index (χ0) is 29.7. The fourth-order valence-corrected chi connectivity index (χ4v) is 5.47. The van der Waals surface area contributed by atoms with E-state index in [9.17, 15) is 24.3 Å². The van der Waals surface area contributed by atoms with Crippen LogP contribution in [0.1, 0.15) is 45.1 Å². The first-order valence-corrected chi connectivity index (χ1v) is 13.8. The Bertz CT molecular complexity index is 1500. The number of nitrogens with zero attached hydrogens (tertiary/aromatic N) is 1. The van der Waals surface area contributed by atoms with E-state index in [2.05, 4.69) is 16.0 Å². The van der Waals surface area contributed by atoms with Crippen molar-refractivity contribution in [3.8, 4) is 0 Å². The fourth-order valence-electron chi connectivity index (χ4n) is 4.80. The first-order valence-electron chi connectivity index (χ1n) is 13.0. The number of carbonyl (C=O) groups is 4. The molecule has 4 rings (SSSR count). The van der Waals surface area contributed by atoms with Crippen LogP contribution in [0.15, 0.2) is 60.7 Å². The van der Waals surface area contributed by atoms with E-state index in [1.807, 2.05) is 55.5 Å². The summed E-state index contributed by atoms with van der Waals surface area (Å²) in [7, 11) is 1.53. The van der Waals surface area contributed by atoms with Crippen molar-refractivity contribution in [1.82, 2.24) is 16.0 Å². The second-order valence-electron chi connectivity index (χ2n) is 9.88. The van der Waals surface area contributed by atoms with Gasteiger partial charge in [-0.25, -0.2) is 9.59 Å². The molecule has 0 spiro atoms. The highest BCUT2D eigenvalue weighted by Crippen LogP contribution is 2.34. The Balaban J connectivity index is 1.41. The van der Waals surface area contributed by atoms with Gasteiger partial charge in [-0.3, -0.25) is 9.59 Å². The minimum Gasteiger partial charge on any atom is -0.480 e. The van der Waals surface area contributed by atoms with Gasteiger partial charge in [-0.2, -0.15) is 0 Å².